The van der Waals surface area contributed by atoms with E-state index in [-0.39, 0.29) is 12.0 Å². The van der Waals surface area contributed by atoms with Crippen LogP contribution >= 0.6 is 11.6 Å². The maximum absolute atomic E-state index is 12.2. The van der Waals surface area contributed by atoms with Crippen molar-refractivity contribution < 1.29 is 13.9 Å². The molecule has 20 heavy (non-hydrogen) atoms. The summed E-state index contributed by atoms with van der Waals surface area (Å²) < 4.78 is 11.1. The molecule has 1 aromatic heterocycles. The first-order valence-electron chi connectivity index (χ1n) is 6.73. The van der Waals surface area contributed by atoms with E-state index in [4.69, 9.17) is 20.8 Å². The molecule has 1 fully saturated rings. The molecule has 1 aliphatic rings. The van der Waals surface area contributed by atoms with Gasteiger partial charge in [0.1, 0.15) is 5.58 Å². The van der Waals surface area contributed by atoms with Crippen molar-refractivity contribution in [3.05, 3.63) is 34.5 Å². The molecule has 5 heteroatoms. The average Bonchev–Trinajstić information content (AvgIpc) is 3.05. The van der Waals surface area contributed by atoms with E-state index in [1.165, 1.54) is 0 Å². The molecule has 0 spiro atoms. The lowest BCUT2D eigenvalue weighted by Gasteiger charge is -2.09. The summed E-state index contributed by atoms with van der Waals surface area (Å²) in [5.41, 5.74) is 1.49. The molecule has 3 rings (SSSR count). The van der Waals surface area contributed by atoms with Crippen LogP contribution in [0, 0.1) is 6.92 Å². The van der Waals surface area contributed by atoms with Crippen LogP contribution in [0.4, 0.5) is 0 Å². The number of ether oxygens (including phenoxy) is 1. The third-order valence-corrected chi connectivity index (χ3v) is 3.85. The number of hydrogen-bond donors (Lipinski definition) is 1. The van der Waals surface area contributed by atoms with E-state index in [1.54, 1.807) is 12.1 Å². The quantitative estimate of drug-likeness (QED) is 0.944. The normalized spacial score (nSPS) is 18.6. The summed E-state index contributed by atoms with van der Waals surface area (Å²) >= 11 is 5.97. The highest BCUT2D eigenvalue weighted by Gasteiger charge is 2.20. The van der Waals surface area contributed by atoms with Crippen LogP contribution in [-0.4, -0.2) is 25.2 Å². The predicted molar refractivity (Wildman–Crippen MR) is 77.3 cm³/mol. The van der Waals surface area contributed by atoms with Gasteiger partial charge in [0, 0.05) is 29.1 Å². The number of carbonyl (C=O) groups excluding carboxylic acids is 1. The smallest absolute Gasteiger partial charge is 0.287 e. The second-order valence-electron chi connectivity index (χ2n) is 5.04. The second kappa shape index (κ2) is 5.46. The van der Waals surface area contributed by atoms with Gasteiger partial charge in [0.25, 0.3) is 5.91 Å². The van der Waals surface area contributed by atoms with Gasteiger partial charge in [-0.25, -0.2) is 0 Å². The molecule has 1 aliphatic heterocycles. The minimum atomic E-state index is -0.203. The van der Waals surface area contributed by atoms with E-state index in [1.807, 2.05) is 13.0 Å². The number of carbonyl (C=O) groups is 1. The monoisotopic (exact) mass is 293 g/mol. The molecule has 106 valence electrons. The Labute approximate surface area is 122 Å². The Morgan fingerprint density at radius 3 is 3.10 bits per heavy atom. The Morgan fingerprint density at radius 2 is 2.35 bits per heavy atom. The molecule has 0 radical (unpaired) electrons. The van der Waals surface area contributed by atoms with Crippen LogP contribution in [0.2, 0.25) is 5.02 Å². The summed E-state index contributed by atoms with van der Waals surface area (Å²) in [5.74, 6) is 0.144. The standard InChI is InChI=1S/C15H16ClNO3/c1-9-12-7-10(16)4-5-13(12)20-14(9)15(18)17-8-11-3-2-6-19-11/h4-5,7,11H,2-3,6,8H2,1H3,(H,17,18). The maximum Gasteiger partial charge on any atom is 0.287 e. The fourth-order valence-electron chi connectivity index (χ4n) is 2.50. The molecular weight excluding hydrogens is 278 g/mol. The van der Waals surface area contributed by atoms with E-state index < -0.39 is 0 Å². The van der Waals surface area contributed by atoms with E-state index in [0.717, 1.165) is 30.4 Å². The van der Waals surface area contributed by atoms with Crippen molar-refractivity contribution in [3.8, 4) is 0 Å². The third kappa shape index (κ3) is 2.53. The number of benzene rings is 1. The molecule has 1 atom stereocenters. The number of rotatable bonds is 3. The van der Waals surface area contributed by atoms with Crippen LogP contribution in [0.1, 0.15) is 29.0 Å². The zero-order chi connectivity index (χ0) is 14.1. The molecule has 2 heterocycles. The molecule has 1 N–H and O–H groups in total. The lowest BCUT2D eigenvalue weighted by Crippen LogP contribution is -2.31. The van der Waals surface area contributed by atoms with Gasteiger partial charge in [-0.15, -0.1) is 0 Å². The predicted octanol–water partition coefficient (Wildman–Crippen LogP) is 3.30. The van der Waals surface area contributed by atoms with Crippen LogP contribution < -0.4 is 5.32 Å². The fraction of sp³-hybridized carbons (Fsp3) is 0.400. The summed E-state index contributed by atoms with van der Waals surface area (Å²) in [6.45, 7) is 3.17. The summed E-state index contributed by atoms with van der Waals surface area (Å²) in [6.07, 6.45) is 2.18. The van der Waals surface area contributed by atoms with E-state index in [9.17, 15) is 4.79 Å². The van der Waals surface area contributed by atoms with Crippen LogP contribution in [0.3, 0.4) is 0 Å². The maximum atomic E-state index is 12.2. The van der Waals surface area contributed by atoms with Gasteiger partial charge in [0.05, 0.1) is 6.10 Å². The number of hydrogen-bond acceptors (Lipinski definition) is 3. The van der Waals surface area contributed by atoms with Gasteiger partial charge < -0.3 is 14.5 Å². The number of halogens is 1. The number of aryl methyl sites for hydroxylation is 1. The molecule has 0 aliphatic carbocycles. The van der Waals surface area contributed by atoms with Gasteiger partial charge >= 0.3 is 0 Å². The number of fused-ring (bicyclic) bond motifs is 1. The molecule has 1 unspecified atom stereocenters. The highest BCUT2D eigenvalue weighted by atomic mass is 35.5. The van der Waals surface area contributed by atoms with Crippen molar-refractivity contribution in [3.63, 3.8) is 0 Å². The van der Waals surface area contributed by atoms with E-state index in [2.05, 4.69) is 5.32 Å². The van der Waals surface area contributed by atoms with Crippen molar-refractivity contribution in [2.24, 2.45) is 0 Å². The Morgan fingerprint density at radius 1 is 1.50 bits per heavy atom. The first-order valence-corrected chi connectivity index (χ1v) is 7.11. The number of furan rings is 1. The zero-order valence-corrected chi connectivity index (χ0v) is 12.0. The fourth-order valence-corrected chi connectivity index (χ4v) is 2.67. The summed E-state index contributed by atoms with van der Waals surface area (Å²) in [7, 11) is 0. The first kappa shape index (κ1) is 13.5. The minimum absolute atomic E-state index is 0.123. The highest BCUT2D eigenvalue weighted by Crippen LogP contribution is 2.27. The number of amides is 1. The van der Waals surface area contributed by atoms with Gasteiger partial charge in [0.2, 0.25) is 0 Å². The third-order valence-electron chi connectivity index (χ3n) is 3.62. The Kier molecular flexibility index (Phi) is 3.68. The second-order valence-corrected chi connectivity index (χ2v) is 5.48. The lowest BCUT2D eigenvalue weighted by molar-refractivity contribution is 0.0836. The molecule has 0 saturated carbocycles. The van der Waals surface area contributed by atoms with Gasteiger partial charge in [-0.3, -0.25) is 4.79 Å². The largest absolute Gasteiger partial charge is 0.451 e. The van der Waals surface area contributed by atoms with Crippen LogP contribution in [-0.2, 0) is 4.74 Å². The first-order chi connectivity index (χ1) is 9.65. The molecule has 0 bridgehead atoms. The molecule has 1 saturated heterocycles. The van der Waals surface area contributed by atoms with Gasteiger partial charge in [0.15, 0.2) is 5.76 Å². The van der Waals surface area contributed by atoms with Crippen molar-refractivity contribution in [2.75, 3.05) is 13.2 Å². The van der Waals surface area contributed by atoms with E-state index in [0.29, 0.717) is 22.9 Å². The molecule has 2 aromatic rings. The van der Waals surface area contributed by atoms with Gasteiger partial charge in [-0.1, -0.05) is 11.6 Å². The Bertz CT molecular complexity index is 644. The molecule has 1 aromatic carbocycles. The Hall–Kier alpha value is -1.52. The number of nitrogens with one attached hydrogen (secondary N) is 1. The molecule has 4 nitrogen and oxygen atoms in total. The lowest BCUT2D eigenvalue weighted by atomic mass is 10.1. The van der Waals surface area contributed by atoms with E-state index >= 15 is 0 Å². The highest BCUT2D eigenvalue weighted by molar-refractivity contribution is 6.31. The van der Waals surface area contributed by atoms with Gasteiger partial charge in [-0.2, -0.15) is 0 Å². The summed E-state index contributed by atoms with van der Waals surface area (Å²) in [6, 6.07) is 5.34. The SMILES string of the molecule is Cc1c(C(=O)NCC2CCCO2)oc2ccc(Cl)cc12. The van der Waals surface area contributed by atoms with Crippen molar-refractivity contribution >= 4 is 28.5 Å². The molecular formula is C15H16ClNO3. The van der Waals surface area contributed by atoms with Crippen molar-refractivity contribution in [1.29, 1.82) is 0 Å². The zero-order valence-electron chi connectivity index (χ0n) is 11.2. The minimum Gasteiger partial charge on any atom is -0.451 e. The van der Waals surface area contributed by atoms with Crippen LogP contribution in [0.15, 0.2) is 22.6 Å². The topological polar surface area (TPSA) is 51.5 Å². The van der Waals surface area contributed by atoms with Crippen molar-refractivity contribution in [1.82, 2.24) is 5.32 Å². The Balaban J connectivity index is 1.78. The van der Waals surface area contributed by atoms with Crippen molar-refractivity contribution in [2.45, 2.75) is 25.9 Å². The average molecular weight is 294 g/mol. The van der Waals surface area contributed by atoms with Crippen LogP contribution in [0.25, 0.3) is 11.0 Å². The van der Waals surface area contributed by atoms with Gasteiger partial charge in [-0.05, 0) is 38.0 Å². The van der Waals surface area contributed by atoms with Crippen LogP contribution in [0.5, 0.6) is 0 Å². The summed E-state index contributed by atoms with van der Waals surface area (Å²) in [5, 5.41) is 4.37. The molecule has 1 amide bonds. The summed E-state index contributed by atoms with van der Waals surface area (Å²) in [4.78, 5) is 12.2.